The van der Waals surface area contributed by atoms with Crippen LogP contribution >= 0.6 is 0 Å². The lowest BCUT2D eigenvalue weighted by atomic mass is 9.46. The normalized spacial score (nSPS) is 34.7. The number of rotatable bonds is 15. The minimum atomic E-state index is -3.80. The Hall–Kier alpha value is -3.70. The van der Waals surface area contributed by atoms with Gasteiger partial charge < -0.3 is 9.47 Å². The third-order valence-electron chi connectivity index (χ3n) is 16.6. The highest BCUT2D eigenvalue weighted by Gasteiger charge is 2.58. The van der Waals surface area contributed by atoms with E-state index >= 15 is 0 Å². The number of ether oxygens (including phenoxy) is 2. The van der Waals surface area contributed by atoms with Crippen molar-refractivity contribution in [3.63, 3.8) is 0 Å². The summed E-state index contributed by atoms with van der Waals surface area (Å²) < 4.78 is 77.8. The molecule has 4 heterocycles. The number of hydrogen-bond acceptors (Lipinski definition) is 10. The lowest BCUT2D eigenvalue weighted by Crippen LogP contribution is -2.56. The van der Waals surface area contributed by atoms with Crippen LogP contribution < -0.4 is 23.6 Å². The fourth-order valence-corrected chi connectivity index (χ4v) is 16.3. The van der Waals surface area contributed by atoms with Gasteiger partial charge in [0.05, 0.1) is 18.5 Å². The lowest BCUT2D eigenvalue weighted by Gasteiger charge is -2.60. The van der Waals surface area contributed by atoms with E-state index in [9.17, 15) is 16.8 Å². The molecule has 60 heavy (non-hydrogen) atoms. The van der Waals surface area contributed by atoms with Gasteiger partial charge in [-0.2, -0.15) is 8.42 Å². The van der Waals surface area contributed by atoms with Gasteiger partial charge in [0, 0.05) is 53.5 Å². The molecule has 17 heteroatoms. The molecule has 10 fully saturated rings. The number of nitrogens with zero attached hydrogens (tertiary/aromatic N) is 6. The van der Waals surface area contributed by atoms with E-state index in [4.69, 9.17) is 9.47 Å². The first-order valence-electron chi connectivity index (χ1n) is 22.6. The number of hydrogen-bond donors (Lipinski definition) is 3. The van der Waals surface area contributed by atoms with Crippen LogP contribution in [0.2, 0.25) is 0 Å². The molecule has 0 spiro atoms. The monoisotopic (exact) mass is 859 g/mol. The van der Waals surface area contributed by atoms with Gasteiger partial charge in [0.1, 0.15) is 11.5 Å². The first-order valence-corrected chi connectivity index (χ1v) is 25.6. The van der Waals surface area contributed by atoms with Crippen LogP contribution in [0.4, 0.5) is 11.9 Å². The maximum atomic E-state index is 14.4. The van der Waals surface area contributed by atoms with Crippen molar-refractivity contribution in [1.82, 2.24) is 33.9 Å². The molecule has 10 aliphatic rings. The van der Waals surface area contributed by atoms with E-state index in [-0.39, 0.29) is 23.2 Å². The summed E-state index contributed by atoms with van der Waals surface area (Å²) in [7, 11) is -6.21. The van der Waals surface area contributed by atoms with Gasteiger partial charge in [-0.05, 0) is 156 Å². The summed E-state index contributed by atoms with van der Waals surface area (Å²) in [5, 5.41) is 16.6. The van der Waals surface area contributed by atoms with E-state index in [1.54, 1.807) is 4.40 Å². The number of fused-ring (bicyclic) bond motifs is 2. The first kappa shape index (κ1) is 38.0. The van der Waals surface area contributed by atoms with Crippen LogP contribution in [0.1, 0.15) is 126 Å². The van der Waals surface area contributed by atoms with Gasteiger partial charge in [-0.3, -0.25) is 13.5 Å². The highest BCUT2D eigenvalue weighted by atomic mass is 32.2. The molecule has 4 aromatic heterocycles. The molecule has 3 N–H and O–H groups in total. The molecule has 10 aliphatic carbocycles. The Bertz CT molecular complexity index is 2550. The Balaban J connectivity index is 0.744. The summed E-state index contributed by atoms with van der Waals surface area (Å²) in [5.41, 5.74) is 3.57. The van der Waals surface area contributed by atoms with E-state index in [1.807, 2.05) is 35.9 Å². The summed E-state index contributed by atoms with van der Waals surface area (Å²) in [6.45, 7) is 3.23. The Kier molecular flexibility index (Phi) is 8.49. The molecular formula is C43H57N9O6S2. The molecule has 4 aromatic rings. The SMILES string of the molecule is CNS(=O)(=O)Nc1nnc2cc(OCC34CC5CC(C3)C(C(C)S(=O)(=O)Nc3nnc6cc(OCC78CC9CC(CC(C9)C7)C8)c(C7CC7)cn36)C(C5)C4)c(C3CC3)cn12. The second-order valence-electron chi connectivity index (χ2n) is 20.9. The molecule has 3 unspecified atom stereocenters. The predicted molar refractivity (Wildman–Crippen MR) is 225 cm³/mol. The van der Waals surface area contributed by atoms with Crippen LogP contribution in [0.25, 0.3) is 11.3 Å². The van der Waals surface area contributed by atoms with Crippen LogP contribution in [0, 0.1) is 52.3 Å². The molecule has 8 bridgehead atoms. The summed E-state index contributed by atoms with van der Waals surface area (Å²) in [6, 6.07) is 3.87. The minimum absolute atomic E-state index is 0.0178. The number of aromatic nitrogens is 6. The Labute approximate surface area is 351 Å². The van der Waals surface area contributed by atoms with Crippen molar-refractivity contribution in [1.29, 1.82) is 0 Å². The van der Waals surface area contributed by atoms with Crippen LogP contribution in [0.3, 0.4) is 0 Å². The van der Waals surface area contributed by atoms with E-state index in [0.717, 1.165) is 105 Å². The zero-order valence-corrected chi connectivity index (χ0v) is 36.2. The number of pyridine rings is 2. The maximum absolute atomic E-state index is 14.4. The second kappa shape index (κ2) is 13.4. The Morgan fingerprint density at radius 2 is 1.12 bits per heavy atom. The third kappa shape index (κ3) is 6.56. The molecule has 0 radical (unpaired) electrons. The molecule has 0 amide bonds. The standard InChI is InChI=1S/C43H57N9O6S2/c1-24(59(53,54)49-40-47-45-37-12-35(33(20-51(37)40)29-3-4-29)57-22-42-14-25-7-26(15-42)9-27(8-25)16-42)39-31-10-28-11-32(39)19-43(17-28,18-31)23-58-36-13-38-46-48-41(50-60(55,56)44-2)52(38)21-34(36)30-5-6-30/h12-13,20-21,24-32,39,44H,3-11,14-19,22-23H2,1-2H3,(H,47,49)(H,48,50). The minimum Gasteiger partial charge on any atom is -0.493 e. The van der Waals surface area contributed by atoms with Crippen molar-refractivity contribution in [2.24, 2.45) is 52.3 Å². The smallest absolute Gasteiger partial charge is 0.301 e. The topological polar surface area (TPSA) is 183 Å². The fourth-order valence-electron chi connectivity index (χ4n) is 14.4. The summed E-state index contributed by atoms with van der Waals surface area (Å²) in [4.78, 5) is 0. The number of sulfonamides is 1. The maximum Gasteiger partial charge on any atom is 0.301 e. The molecule has 3 atom stereocenters. The molecule has 322 valence electrons. The van der Waals surface area contributed by atoms with Gasteiger partial charge in [0.25, 0.3) is 0 Å². The highest BCUT2D eigenvalue weighted by molar-refractivity contribution is 7.93. The van der Waals surface area contributed by atoms with Crippen LogP contribution in [0.15, 0.2) is 24.5 Å². The molecule has 0 saturated heterocycles. The summed E-state index contributed by atoms with van der Waals surface area (Å²) >= 11 is 0. The van der Waals surface area contributed by atoms with Gasteiger partial charge in [0.15, 0.2) is 11.3 Å². The summed E-state index contributed by atoms with van der Waals surface area (Å²) in [5.74, 6) is 6.63. The van der Waals surface area contributed by atoms with Crippen LogP contribution in [-0.2, 0) is 20.2 Å². The summed E-state index contributed by atoms with van der Waals surface area (Å²) in [6.07, 6.45) is 21.5. The predicted octanol–water partition coefficient (Wildman–Crippen LogP) is 6.65. The van der Waals surface area contributed by atoms with Crippen molar-refractivity contribution >= 4 is 43.4 Å². The zero-order valence-electron chi connectivity index (χ0n) is 34.6. The van der Waals surface area contributed by atoms with Crippen molar-refractivity contribution in [3.8, 4) is 11.5 Å². The van der Waals surface area contributed by atoms with Crippen LogP contribution in [-0.4, -0.2) is 71.5 Å². The zero-order chi connectivity index (χ0) is 40.8. The van der Waals surface area contributed by atoms with Gasteiger partial charge >= 0.3 is 10.2 Å². The van der Waals surface area contributed by atoms with E-state index in [0.29, 0.717) is 52.9 Å². The van der Waals surface area contributed by atoms with Gasteiger partial charge in [-0.25, -0.2) is 17.9 Å². The lowest BCUT2D eigenvalue weighted by molar-refractivity contribution is -0.111. The van der Waals surface area contributed by atoms with E-state index < -0.39 is 25.5 Å². The van der Waals surface area contributed by atoms with Crippen LogP contribution in [0.5, 0.6) is 11.5 Å². The van der Waals surface area contributed by atoms with Gasteiger partial charge in [-0.1, -0.05) is 0 Å². The van der Waals surface area contributed by atoms with Gasteiger partial charge in [-0.15, -0.1) is 20.4 Å². The van der Waals surface area contributed by atoms with Crippen molar-refractivity contribution in [3.05, 3.63) is 35.7 Å². The van der Waals surface area contributed by atoms with Crippen molar-refractivity contribution < 1.29 is 26.3 Å². The Morgan fingerprint density at radius 3 is 1.58 bits per heavy atom. The van der Waals surface area contributed by atoms with E-state index in [2.05, 4.69) is 34.6 Å². The molecule has 0 aromatic carbocycles. The average Bonchev–Trinajstić information content (AvgIpc) is 4.15. The molecule has 0 aliphatic heterocycles. The molecule has 15 nitrogen and oxygen atoms in total. The molecular weight excluding hydrogens is 803 g/mol. The van der Waals surface area contributed by atoms with Crippen molar-refractivity contribution in [2.45, 2.75) is 120 Å². The number of anilines is 2. The molecule has 14 rings (SSSR count). The second-order valence-corrected chi connectivity index (χ2v) is 24.6. The average molecular weight is 860 g/mol. The fraction of sp³-hybridized carbons (Fsp3) is 0.721. The van der Waals surface area contributed by atoms with E-state index in [1.165, 1.54) is 45.6 Å². The quantitative estimate of drug-likeness (QED) is 0.117. The Morgan fingerprint density at radius 1 is 0.667 bits per heavy atom. The van der Waals surface area contributed by atoms with Gasteiger partial charge in [0.2, 0.25) is 21.9 Å². The molecule has 10 saturated carbocycles. The number of nitrogens with one attached hydrogen (secondary N) is 3. The van der Waals surface area contributed by atoms with Crippen molar-refractivity contribution in [2.75, 3.05) is 29.7 Å². The third-order valence-corrected chi connectivity index (χ3v) is 19.3. The largest absolute Gasteiger partial charge is 0.493 e. The first-order chi connectivity index (χ1) is 28.8. The highest BCUT2D eigenvalue weighted by Crippen LogP contribution is 2.64.